The van der Waals surface area contributed by atoms with E-state index in [1.807, 2.05) is 0 Å². The van der Waals surface area contributed by atoms with Crippen LogP contribution in [0.25, 0.3) is 10.9 Å². The molecule has 2 aromatic rings. The van der Waals surface area contributed by atoms with E-state index in [9.17, 15) is 14.4 Å². The third kappa shape index (κ3) is 3.06. The second-order valence-electron chi connectivity index (χ2n) is 6.16. The standard InChI is InChI=1S/C17H21N3O3/c1-19(12-7-3-2-4-8-12)15(21)11-20-14-10-6-5-9-13(14)16(22)18-17(20)23/h5-6,9-10,12H,2-4,7-8,11H2,1H3,(H,18,22,23). The van der Waals surface area contributed by atoms with Gasteiger partial charge < -0.3 is 4.90 Å². The number of nitrogens with one attached hydrogen (secondary N) is 1. The molecule has 1 fully saturated rings. The maximum Gasteiger partial charge on any atom is 0.329 e. The smallest absolute Gasteiger partial charge is 0.329 e. The molecule has 1 aromatic carbocycles. The van der Waals surface area contributed by atoms with Crippen LogP contribution in [0, 0.1) is 0 Å². The third-order valence-corrected chi connectivity index (χ3v) is 4.71. The highest BCUT2D eigenvalue weighted by atomic mass is 16.2. The van der Waals surface area contributed by atoms with Crippen LogP contribution in [0.5, 0.6) is 0 Å². The van der Waals surface area contributed by atoms with Crippen LogP contribution in [0.1, 0.15) is 32.1 Å². The Hall–Kier alpha value is -2.37. The van der Waals surface area contributed by atoms with Crippen molar-refractivity contribution in [1.29, 1.82) is 0 Å². The van der Waals surface area contributed by atoms with E-state index < -0.39 is 11.2 Å². The van der Waals surface area contributed by atoms with Gasteiger partial charge in [-0.1, -0.05) is 31.4 Å². The van der Waals surface area contributed by atoms with Gasteiger partial charge in [0.1, 0.15) is 6.54 Å². The minimum absolute atomic E-state index is 0.0525. The molecule has 0 saturated heterocycles. The molecule has 0 aliphatic heterocycles. The highest BCUT2D eigenvalue weighted by Crippen LogP contribution is 2.21. The van der Waals surface area contributed by atoms with E-state index in [4.69, 9.17) is 0 Å². The molecule has 1 aromatic heterocycles. The largest absolute Gasteiger partial charge is 0.341 e. The number of benzene rings is 1. The number of fused-ring (bicyclic) bond motifs is 1. The Kier molecular flexibility index (Phi) is 4.32. The molecule has 1 saturated carbocycles. The van der Waals surface area contributed by atoms with Crippen LogP contribution in [0.3, 0.4) is 0 Å². The first-order valence-electron chi connectivity index (χ1n) is 8.05. The van der Waals surface area contributed by atoms with Gasteiger partial charge in [0.2, 0.25) is 5.91 Å². The zero-order valence-electron chi connectivity index (χ0n) is 13.2. The fourth-order valence-electron chi connectivity index (χ4n) is 3.32. The molecule has 23 heavy (non-hydrogen) atoms. The van der Waals surface area contributed by atoms with Crippen molar-refractivity contribution in [2.45, 2.75) is 44.7 Å². The summed E-state index contributed by atoms with van der Waals surface area (Å²) in [4.78, 5) is 40.6. The SMILES string of the molecule is CN(C(=O)Cn1c(=O)[nH]c(=O)c2ccccc21)C1CCCCC1. The number of hydrogen-bond acceptors (Lipinski definition) is 3. The van der Waals surface area contributed by atoms with E-state index in [2.05, 4.69) is 4.98 Å². The molecule has 1 aliphatic carbocycles. The first-order valence-corrected chi connectivity index (χ1v) is 8.05. The Labute approximate surface area is 133 Å². The normalized spacial score (nSPS) is 15.7. The van der Waals surface area contributed by atoms with Crippen LogP contribution in [0.4, 0.5) is 0 Å². The molecule has 0 atom stereocenters. The van der Waals surface area contributed by atoms with Gasteiger partial charge >= 0.3 is 5.69 Å². The van der Waals surface area contributed by atoms with Crippen LogP contribution in [0.2, 0.25) is 0 Å². The molecular formula is C17H21N3O3. The van der Waals surface area contributed by atoms with Gasteiger partial charge in [-0.3, -0.25) is 19.1 Å². The van der Waals surface area contributed by atoms with Gasteiger partial charge in [0, 0.05) is 13.1 Å². The lowest BCUT2D eigenvalue weighted by Gasteiger charge is -2.31. The Morgan fingerprint density at radius 2 is 1.91 bits per heavy atom. The van der Waals surface area contributed by atoms with E-state index in [0.29, 0.717) is 10.9 Å². The quantitative estimate of drug-likeness (QED) is 0.932. The number of para-hydroxylation sites is 1. The molecule has 3 rings (SSSR count). The average molecular weight is 315 g/mol. The average Bonchev–Trinajstić information content (AvgIpc) is 2.58. The molecular weight excluding hydrogens is 294 g/mol. The second kappa shape index (κ2) is 6.40. The number of nitrogens with zero attached hydrogens (tertiary/aromatic N) is 2. The van der Waals surface area contributed by atoms with E-state index in [0.717, 1.165) is 25.7 Å². The fourth-order valence-corrected chi connectivity index (χ4v) is 3.32. The van der Waals surface area contributed by atoms with Crippen molar-refractivity contribution in [2.24, 2.45) is 0 Å². The first kappa shape index (κ1) is 15.5. The van der Waals surface area contributed by atoms with Crippen molar-refractivity contribution in [3.8, 4) is 0 Å². The Bertz CT molecular complexity index is 831. The second-order valence-corrected chi connectivity index (χ2v) is 6.16. The van der Waals surface area contributed by atoms with Crippen molar-refractivity contribution < 1.29 is 4.79 Å². The maximum atomic E-state index is 12.6. The summed E-state index contributed by atoms with van der Waals surface area (Å²) in [6, 6.07) is 7.09. The van der Waals surface area contributed by atoms with Crippen molar-refractivity contribution in [2.75, 3.05) is 7.05 Å². The van der Waals surface area contributed by atoms with E-state index in [1.54, 1.807) is 36.2 Å². The predicted octanol–water partition coefficient (Wildman–Crippen LogP) is 1.48. The number of amides is 1. The summed E-state index contributed by atoms with van der Waals surface area (Å²) < 4.78 is 1.35. The number of carbonyl (C=O) groups excluding carboxylic acids is 1. The van der Waals surface area contributed by atoms with Gasteiger partial charge in [0.05, 0.1) is 10.9 Å². The van der Waals surface area contributed by atoms with E-state index in [-0.39, 0.29) is 18.5 Å². The van der Waals surface area contributed by atoms with Crippen LogP contribution >= 0.6 is 0 Å². The maximum absolute atomic E-state index is 12.6. The van der Waals surface area contributed by atoms with Crippen molar-refractivity contribution in [3.05, 3.63) is 45.1 Å². The first-order chi connectivity index (χ1) is 11.1. The topological polar surface area (TPSA) is 75.2 Å². The molecule has 6 heteroatoms. The molecule has 6 nitrogen and oxygen atoms in total. The number of rotatable bonds is 3. The van der Waals surface area contributed by atoms with Gasteiger partial charge in [-0.25, -0.2) is 4.79 Å². The minimum Gasteiger partial charge on any atom is -0.341 e. The summed E-state index contributed by atoms with van der Waals surface area (Å²) >= 11 is 0. The zero-order valence-corrected chi connectivity index (χ0v) is 13.2. The Balaban J connectivity index is 1.90. The van der Waals surface area contributed by atoms with Gasteiger partial charge in [0.25, 0.3) is 5.56 Å². The van der Waals surface area contributed by atoms with Crippen LogP contribution in [-0.4, -0.2) is 33.4 Å². The van der Waals surface area contributed by atoms with Crippen LogP contribution in [-0.2, 0) is 11.3 Å². The van der Waals surface area contributed by atoms with Crippen LogP contribution < -0.4 is 11.2 Å². The number of carbonyl (C=O) groups is 1. The van der Waals surface area contributed by atoms with Gasteiger partial charge in [-0.05, 0) is 25.0 Å². The zero-order chi connectivity index (χ0) is 16.4. The molecule has 1 aliphatic rings. The van der Waals surface area contributed by atoms with Crippen molar-refractivity contribution in [3.63, 3.8) is 0 Å². The third-order valence-electron chi connectivity index (χ3n) is 4.71. The number of likely N-dealkylation sites (N-methyl/N-ethyl adjacent to an activating group) is 1. The molecule has 0 radical (unpaired) electrons. The van der Waals surface area contributed by atoms with E-state index in [1.165, 1.54) is 11.0 Å². The van der Waals surface area contributed by atoms with Crippen molar-refractivity contribution in [1.82, 2.24) is 14.5 Å². The van der Waals surface area contributed by atoms with E-state index >= 15 is 0 Å². The van der Waals surface area contributed by atoms with Crippen molar-refractivity contribution >= 4 is 16.8 Å². The number of aromatic amines is 1. The number of aromatic nitrogens is 2. The minimum atomic E-state index is -0.543. The summed E-state index contributed by atoms with van der Waals surface area (Å²) in [5, 5.41) is 0.417. The lowest BCUT2D eigenvalue weighted by atomic mass is 9.94. The highest BCUT2D eigenvalue weighted by Gasteiger charge is 2.23. The Morgan fingerprint density at radius 3 is 2.65 bits per heavy atom. The summed E-state index contributed by atoms with van der Waals surface area (Å²) in [6.07, 6.45) is 5.54. The lowest BCUT2D eigenvalue weighted by molar-refractivity contribution is -0.133. The fraction of sp³-hybridized carbons (Fsp3) is 0.471. The molecule has 0 bridgehead atoms. The van der Waals surface area contributed by atoms with Gasteiger partial charge in [-0.2, -0.15) is 0 Å². The molecule has 1 heterocycles. The molecule has 1 amide bonds. The predicted molar refractivity (Wildman–Crippen MR) is 88.5 cm³/mol. The molecule has 1 N–H and O–H groups in total. The highest BCUT2D eigenvalue weighted by molar-refractivity contribution is 5.81. The lowest BCUT2D eigenvalue weighted by Crippen LogP contribution is -2.42. The van der Waals surface area contributed by atoms with Gasteiger partial charge in [-0.15, -0.1) is 0 Å². The summed E-state index contributed by atoms with van der Waals surface area (Å²) in [5.41, 5.74) is -0.472. The molecule has 0 spiro atoms. The summed E-state index contributed by atoms with van der Waals surface area (Å²) in [7, 11) is 1.80. The molecule has 122 valence electrons. The van der Waals surface area contributed by atoms with Crippen LogP contribution in [0.15, 0.2) is 33.9 Å². The van der Waals surface area contributed by atoms with Gasteiger partial charge in [0.15, 0.2) is 0 Å². The number of hydrogen-bond donors (Lipinski definition) is 1. The Morgan fingerprint density at radius 1 is 1.22 bits per heavy atom. The monoisotopic (exact) mass is 315 g/mol. The molecule has 0 unspecified atom stereocenters. The summed E-state index contributed by atoms with van der Waals surface area (Å²) in [5.74, 6) is -0.101. The number of H-pyrrole nitrogens is 1. The summed E-state index contributed by atoms with van der Waals surface area (Å²) in [6.45, 7) is -0.0525.